The number of fused-ring (bicyclic) bond motifs is 6. The van der Waals surface area contributed by atoms with Gasteiger partial charge in [-0.25, -0.2) is 19.2 Å². The third-order valence-corrected chi connectivity index (χ3v) is 11.4. The second-order valence-corrected chi connectivity index (χ2v) is 15.2. The first kappa shape index (κ1) is 37.1. The summed E-state index contributed by atoms with van der Waals surface area (Å²) in [7, 11) is 0. The molecule has 4 heterocycles. The highest BCUT2D eigenvalue weighted by atomic mass is 16.7. The van der Waals surface area contributed by atoms with Gasteiger partial charge in [-0.3, -0.25) is 0 Å². The molecule has 280 valence electrons. The van der Waals surface area contributed by atoms with Crippen molar-refractivity contribution in [3.8, 4) is 0 Å². The molecule has 8 atom stereocenters. The molecule has 6 rings (SSSR count). The monoisotopic (exact) mass is 710 g/mol. The first-order chi connectivity index (χ1) is 24.5. The lowest BCUT2D eigenvalue weighted by Gasteiger charge is -2.20. The average molecular weight is 711 g/mol. The maximum absolute atomic E-state index is 12.4. The van der Waals surface area contributed by atoms with Gasteiger partial charge in [0, 0.05) is 42.6 Å². The van der Waals surface area contributed by atoms with Crippen molar-refractivity contribution in [3.63, 3.8) is 0 Å². The fraction of sp³-hybridized carbons (Fsp3) is 0.684. The molecular weight excluding hydrogens is 656 g/mol. The third kappa shape index (κ3) is 9.04. The van der Waals surface area contributed by atoms with E-state index in [4.69, 9.17) is 23.7 Å². The van der Waals surface area contributed by atoms with E-state index < -0.39 is 6.09 Å². The highest BCUT2D eigenvalue weighted by Gasteiger charge is 2.62. The Morgan fingerprint density at radius 1 is 0.784 bits per heavy atom. The quantitative estimate of drug-likeness (QED) is 0.0582. The molecule has 4 fully saturated rings. The van der Waals surface area contributed by atoms with Gasteiger partial charge in [0.25, 0.3) is 0 Å². The van der Waals surface area contributed by atoms with E-state index in [1.807, 2.05) is 0 Å². The Balaban J connectivity index is 0.794. The largest absolute Gasteiger partial charge is 0.455 e. The zero-order valence-electron chi connectivity index (χ0n) is 30.0. The van der Waals surface area contributed by atoms with Crippen LogP contribution >= 0.6 is 0 Å². The highest BCUT2D eigenvalue weighted by Crippen LogP contribution is 2.51. The van der Waals surface area contributed by atoms with E-state index in [1.54, 1.807) is 0 Å². The van der Waals surface area contributed by atoms with E-state index in [0.29, 0.717) is 43.6 Å². The molecule has 2 aliphatic carbocycles. The zero-order chi connectivity index (χ0) is 36.2. The van der Waals surface area contributed by atoms with Crippen molar-refractivity contribution in [1.82, 2.24) is 21.3 Å². The number of rotatable bonds is 12. The minimum absolute atomic E-state index is 0.0655. The van der Waals surface area contributed by atoms with E-state index in [-0.39, 0.29) is 72.0 Å². The second-order valence-electron chi connectivity index (χ2n) is 15.2. The molecule has 4 N–H and O–H groups in total. The first-order valence-electron chi connectivity index (χ1n) is 18.6. The summed E-state index contributed by atoms with van der Waals surface area (Å²) in [6.07, 6.45) is 10.8. The predicted molar refractivity (Wildman–Crippen MR) is 188 cm³/mol. The van der Waals surface area contributed by atoms with E-state index in [0.717, 1.165) is 75.6 Å². The van der Waals surface area contributed by atoms with Crippen LogP contribution in [0.5, 0.6) is 0 Å². The fourth-order valence-electron chi connectivity index (χ4n) is 7.94. The van der Waals surface area contributed by atoms with Crippen LogP contribution in [0.25, 0.3) is 0 Å². The number of allylic oxidation sites excluding steroid dienone is 2. The summed E-state index contributed by atoms with van der Waals surface area (Å²) in [5.74, 6) is -0.824. The molecule has 0 radical (unpaired) electrons. The molecule has 0 saturated carbocycles. The summed E-state index contributed by atoms with van der Waals surface area (Å²) in [4.78, 5) is 49.2. The number of esters is 2. The number of hydrogen-bond donors (Lipinski definition) is 4. The van der Waals surface area contributed by atoms with E-state index in [9.17, 15) is 19.2 Å². The fourth-order valence-corrected chi connectivity index (χ4v) is 7.94. The van der Waals surface area contributed by atoms with Crippen LogP contribution in [0.1, 0.15) is 78.1 Å². The van der Waals surface area contributed by atoms with E-state index >= 15 is 0 Å². The maximum atomic E-state index is 12.4. The molecule has 0 bridgehead atoms. The van der Waals surface area contributed by atoms with Gasteiger partial charge in [0.1, 0.15) is 31.0 Å². The number of hydrogen-bond acceptors (Lipinski definition) is 10. The van der Waals surface area contributed by atoms with Crippen LogP contribution in [0, 0.1) is 11.8 Å². The Morgan fingerprint density at radius 3 is 1.90 bits per heavy atom. The van der Waals surface area contributed by atoms with Crippen LogP contribution in [0.4, 0.5) is 9.59 Å². The standard InChI is InChI=1S/C38H54N4O9/c1-23-27-13-11-25(9-5-15-37(3)31(50-37)29(27)48-33(23)43)21-42-35(45)40-19-7-17-39-18-8-20-41-36(46)47-22-26-10-6-16-38(4)32(51-38)30-28(14-12-26)24(2)34(44)49-30/h9-10,27-32,39H,1-2,5-8,11-22H2,3-4H3,(H,41,46)(H2,40,42,45)/b25-9+,26-10+/t27-,28+,29-,30+,31-,32+,37+,38-/m0/s1. The van der Waals surface area contributed by atoms with Crippen molar-refractivity contribution < 1.29 is 42.9 Å². The van der Waals surface area contributed by atoms with Crippen molar-refractivity contribution in [2.75, 3.05) is 39.3 Å². The number of nitrogens with one attached hydrogen (secondary N) is 4. The molecule has 51 heavy (non-hydrogen) atoms. The van der Waals surface area contributed by atoms with Crippen LogP contribution in [0.15, 0.2) is 47.6 Å². The minimum atomic E-state index is -0.458. The number of amides is 3. The molecule has 0 aromatic heterocycles. The maximum Gasteiger partial charge on any atom is 0.407 e. The van der Waals surface area contributed by atoms with Crippen LogP contribution in [-0.4, -0.2) is 99.0 Å². The average Bonchev–Trinajstić information content (AvgIpc) is 3.91. The van der Waals surface area contributed by atoms with Gasteiger partial charge in [0.05, 0.1) is 11.2 Å². The number of carbonyl (C=O) groups excluding carboxylic acids is 4. The van der Waals surface area contributed by atoms with E-state index in [2.05, 4.69) is 60.4 Å². The molecule has 3 amide bonds. The molecule has 0 unspecified atom stereocenters. The van der Waals surface area contributed by atoms with Crippen molar-refractivity contribution in [2.45, 2.75) is 114 Å². The first-order valence-corrected chi connectivity index (χ1v) is 18.6. The normalized spacial score (nSPS) is 36.3. The highest BCUT2D eigenvalue weighted by molar-refractivity contribution is 5.91. The number of epoxide rings is 2. The Bertz CT molecular complexity index is 1350. The van der Waals surface area contributed by atoms with Crippen LogP contribution < -0.4 is 21.3 Å². The SMILES string of the molecule is C=C1C(=O)O[C@@H]2[C@@H]1CC/C(COC(=O)NCCCNCCCNC(=O)NC/C1=C/CC[C@@]3(C)O[C@H]3[C@H]3OC(=O)C(=C)[C@@H]3CC1)=C\CC[C@]1(C)O[C@H]21. The number of carbonyl (C=O) groups is 4. The third-order valence-electron chi connectivity index (χ3n) is 11.4. The number of urea groups is 1. The summed E-state index contributed by atoms with van der Waals surface area (Å²) >= 11 is 0. The summed E-state index contributed by atoms with van der Waals surface area (Å²) < 4.78 is 28.6. The Hall–Kier alpha value is -3.68. The molecular formula is C38H54N4O9. The van der Waals surface area contributed by atoms with Gasteiger partial charge in [-0.1, -0.05) is 30.9 Å². The molecule has 0 aromatic carbocycles. The van der Waals surface area contributed by atoms with Gasteiger partial charge in [-0.05, 0) is 96.7 Å². The van der Waals surface area contributed by atoms with E-state index in [1.165, 1.54) is 0 Å². The Morgan fingerprint density at radius 2 is 1.31 bits per heavy atom. The lowest BCUT2D eigenvalue weighted by molar-refractivity contribution is -0.140. The molecule has 6 aliphatic rings. The van der Waals surface area contributed by atoms with Crippen LogP contribution in [0.2, 0.25) is 0 Å². The van der Waals surface area contributed by atoms with Gasteiger partial charge < -0.3 is 45.0 Å². The molecule has 4 saturated heterocycles. The lowest BCUT2D eigenvalue weighted by atomic mass is 9.84. The van der Waals surface area contributed by atoms with Crippen molar-refractivity contribution in [1.29, 1.82) is 0 Å². The Labute approximate surface area is 300 Å². The van der Waals surface area contributed by atoms with Crippen LogP contribution in [-0.2, 0) is 33.3 Å². The summed E-state index contributed by atoms with van der Waals surface area (Å²) in [5.41, 5.74) is 2.59. The predicted octanol–water partition coefficient (Wildman–Crippen LogP) is 3.89. The lowest BCUT2D eigenvalue weighted by Crippen LogP contribution is -2.38. The van der Waals surface area contributed by atoms with Crippen LogP contribution in [0.3, 0.4) is 0 Å². The van der Waals surface area contributed by atoms with Gasteiger partial charge in [-0.2, -0.15) is 0 Å². The summed E-state index contributed by atoms with van der Waals surface area (Å²) in [6, 6.07) is -0.215. The smallest absolute Gasteiger partial charge is 0.407 e. The van der Waals surface area contributed by atoms with Gasteiger partial charge >= 0.3 is 24.1 Å². The van der Waals surface area contributed by atoms with Crippen molar-refractivity contribution in [3.05, 3.63) is 47.6 Å². The second kappa shape index (κ2) is 15.9. The molecule has 0 aromatic rings. The summed E-state index contributed by atoms with van der Waals surface area (Å²) in [5, 5.41) is 12.0. The van der Waals surface area contributed by atoms with Crippen molar-refractivity contribution in [2.24, 2.45) is 11.8 Å². The van der Waals surface area contributed by atoms with Gasteiger partial charge in [0.15, 0.2) is 0 Å². The van der Waals surface area contributed by atoms with Gasteiger partial charge in [0.2, 0.25) is 0 Å². The Kier molecular flexibility index (Phi) is 11.6. The number of ether oxygens (including phenoxy) is 5. The zero-order valence-corrected chi connectivity index (χ0v) is 30.0. The topological polar surface area (TPSA) is 169 Å². The van der Waals surface area contributed by atoms with Gasteiger partial charge in [-0.15, -0.1) is 0 Å². The molecule has 4 aliphatic heterocycles. The minimum Gasteiger partial charge on any atom is -0.455 e. The molecule has 13 nitrogen and oxygen atoms in total. The summed E-state index contributed by atoms with van der Waals surface area (Å²) in [6.45, 7) is 15.2. The van der Waals surface area contributed by atoms with Crippen molar-refractivity contribution >= 4 is 24.1 Å². The molecule has 0 spiro atoms. The number of alkyl carbamates (subject to hydrolysis) is 1. The molecule has 13 heteroatoms.